The number of anilines is 1. The molecule has 1 aliphatic rings. The third-order valence-corrected chi connectivity index (χ3v) is 3.48. The molecule has 4 nitrogen and oxygen atoms in total. The van der Waals surface area contributed by atoms with E-state index in [2.05, 4.69) is 32.6 Å². The quantitative estimate of drug-likeness (QED) is 0.877. The normalized spacial score (nSPS) is 13.8. The van der Waals surface area contributed by atoms with Crippen molar-refractivity contribution in [1.29, 1.82) is 5.26 Å². The third kappa shape index (κ3) is 3.74. The average Bonchev–Trinajstić information content (AvgIpc) is 3.18. The fourth-order valence-electron chi connectivity index (χ4n) is 1.55. The van der Waals surface area contributed by atoms with Crippen molar-refractivity contribution in [3.05, 3.63) is 28.2 Å². The smallest absolute Gasteiger partial charge is 0.239 e. The van der Waals surface area contributed by atoms with Gasteiger partial charge >= 0.3 is 0 Å². The summed E-state index contributed by atoms with van der Waals surface area (Å²) in [5.74, 6) is 0.689. The van der Waals surface area contributed by atoms with E-state index in [1.165, 1.54) is 12.8 Å². The van der Waals surface area contributed by atoms with Crippen LogP contribution in [0.25, 0.3) is 0 Å². The topological polar surface area (TPSA) is 64.9 Å². The summed E-state index contributed by atoms with van der Waals surface area (Å²) in [6.45, 7) is 1.03. The number of nitriles is 1. The van der Waals surface area contributed by atoms with E-state index in [1.807, 2.05) is 0 Å². The first-order valence-corrected chi connectivity index (χ1v) is 6.68. The highest BCUT2D eigenvalue weighted by atomic mass is 79.9. The van der Waals surface area contributed by atoms with Gasteiger partial charge in [0.15, 0.2) is 0 Å². The summed E-state index contributed by atoms with van der Waals surface area (Å²) >= 11 is 3.36. The second kappa shape index (κ2) is 5.87. The Bertz CT molecular complexity index is 491. The average molecular weight is 308 g/mol. The zero-order valence-electron chi connectivity index (χ0n) is 9.87. The number of hydrogen-bond donors (Lipinski definition) is 2. The number of carbonyl (C=O) groups is 1. The van der Waals surface area contributed by atoms with Crippen LogP contribution in [0.3, 0.4) is 0 Å². The van der Waals surface area contributed by atoms with Crippen molar-refractivity contribution in [3.8, 4) is 6.07 Å². The van der Waals surface area contributed by atoms with Crippen LogP contribution in [0.15, 0.2) is 22.7 Å². The summed E-state index contributed by atoms with van der Waals surface area (Å²) in [5, 5.41) is 14.7. The molecular formula is C13H14BrN3O. The molecule has 0 aliphatic heterocycles. The van der Waals surface area contributed by atoms with Crippen molar-refractivity contribution in [2.75, 3.05) is 18.4 Å². The van der Waals surface area contributed by atoms with Crippen molar-refractivity contribution in [1.82, 2.24) is 5.32 Å². The maximum atomic E-state index is 11.5. The van der Waals surface area contributed by atoms with Crippen molar-refractivity contribution < 1.29 is 4.79 Å². The van der Waals surface area contributed by atoms with E-state index >= 15 is 0 Å². The molecule has 1 fully saturated rings. The number of amides is 1. The standard InChI is InChI=1S/C13H14BrN3O/c14-11-5-10(6-15)3-4-12(11)16-8-13(18)17-7-9-1-2-9/h3-5,9,16H,1-2,7-8H2,(H,17,18). The Hall–Kier alpha value is -1.54. The minimum Gasteiger partial charge on any atom is -0.375 e. The highest BCUT2D eigenvalue weighted by Crippen LogP contribution is 2.27. The lowest BCUT2D eigenvalue weighted by atomic mass is 10.2. The molecule has 0 radical (unpaired) electrons. The van der Waals surface area contributed by atoms with E-state index < -0.39 is 0 Å². The van der Waals surface area contributed by atoms with Gasteiger partial charge in [-0.05, 0) is 52.9 Å². The lowest BCUT2D eigenvalue weighted by Crippen LogP contribution is -2.31. The molecule has 18 heavy (non-hydrogen) atoms. The molecule has 0 bridgehead atoms. The van der Waals surface area contributed by atoms with Crippen LogP contribution in [-0.2, 0) is 4.79 Å². The Morgan fingerprint density at radius 3 is 2.89 bits per heavy atom. The van der Waals surface area contributed by atoms with Crippen LogP contribution in [-0.4, -0.2) is 19.0 Å². The Kier molecular flexibility index (Phi) is 4.21. The first-order valence-electron chi connectivity index (χ1n) is 5.89. The minimum absolute atomic E-state index is 0.00170. The maximum Gasteiger partial charge on any atom is 0.239 e. The number of nitrogens with zero attached hydrogens (tertiary/aromatic N) is 1. The van der Waals surface area contributed by atoms with Gasteiger partial charge in [-0.3, -0.25) is 4.79 Å². The van der Waals surface area contributed by atoms with Gasteiger partial charge < -0.3 is 10.6 Å². The number of halogens is 1. The van der Waals surface area contributed by atoms with E-state index in [0.29, 0.717) is 11.5 Å². The second-order valence-corrected chi connectivity index (χ2v) is 5.26. The molecule has 2 rings (SSSR count). The van der Waals surface area contributed by atoms with E-state index in [0.717, 1.165) is 16.7 Å². The molecule has 94 valence electrons. The molecule has 1 aliphatic carbocycles. The van der Waals surface area contributed by atoms with Crippen LogP contribution >= 0.6 is 15.9 Å². The van der Waals surface area contributed by atoms with Crippen LogP contribution in [0.5, 0.6) is 0 Å². The molecule has 0 spiro atoms. The summed E-state index contributed by atoms with van der Waals surface area (Å²) < 4.78 is 0.788. The fourth-order valence-corrected chi connectivity index (χ4v) is 2.07. The summed E-state index contributed by atoms with van der Waals surface area (Å²) in [7, 11) is 0. The molecule has 1 aromatic rings. The van der Waals surface area contributed by atoms with Crippen LogP contribution < -0.4 is 10.6 Å². The lowest BCUT2D eigenvalue weighted by molar-refractivity contribution is -0.119. The molecule has 1 aromatic carbocycles. The lowest BCUT2D eigenvalue weighted by Gasteiger charge is -2.09. The predicted molar refractivity (Wildman–Crippen MR) is 73.1 cm³/mol. The molecule has 0 atom stereocenters. The van der Waals surface area contributed by atoms with Gasteiger partial charge in [0.05, 0.1) is 18.2 Å². The van der Waals surface area contributed by atoms with E-state index in [1.54, 1.807) is 18.2 Å². The maximum absolute atomic E-state index is 11.5. The van der Waals surface area contributed by atoms with E-state index in [9.17, 15) is 4.79 Å². The number of benzene rings is 1. The molecule has 0 saturated heterocycles. The van der Waals surface area contributed by atoms with Crippen LogP contribution in [0.2, 0.25) is 0 Å². The summed E-state index contributed by atoms with van der Waals surface area (Å²) in [6.07, 6.45) is 2.46. The second-order valence-electron chi connectivity index (χ2n) is 4.41. The van der Waals surface area contributed by atoms with Gasteiger partial charge in [-0.25, -0.2) is 0 Å². The molecular weight excluding hydrogens is 294 g/mol. The fraction of sp³-hybridized carbons (Fsp3) is 0.385. The monoisotopic (exact) mass is 307 g/mol. The summed E-state index contributed by atoms with van der Waals surface area (Å²) in [4.78, 5) is 11.5. The third-order valence-electron chi connectivity index (χ3n) is 2.82. The van der Waals surface area contributed by atoms with Crippen LogP contribution in [0, 0.1) is 17.2 Å². The van der Waals surface area contributed by atoms with E-state index in [-0.39, 0.29) is 12.5 Å². The number of rotatable bonds is 5. The van der Waals surface area contributed by atoms with Crippen molar-refractivity contribution in [3.63, 3.8) is 0 Å². The summed E-state index contributed by atoms with van der Waals surface area (Å²) in [6, 6.07) is 7.30. The van der Waals surface area contributed by atoms with Crippen molar-refractivity contribution in [2.24, 2.45) is 5.92 Å². The highest BCUT2D eigenvalue weighted by molar-refractivity contribution is 9.10. The minimum atomic E-state index is -0.00170. The molecule has 0 aromatic heterocycles. The van der Waals surface area contributed by atoms with Crippen LogP contribution in [0.4, 0.5) is 5.69 Å². The van der Waals surface area contributed by atoms with Gasteiger partial charge in [0.25, 0.3) is 0 Å². The van der Waals surface area contributed by atoms with Crippen molar-refractivity contribution >= 4 is 27.5 Å². The van der Waals surface area contributed by atoms with Gasteiger partial charge in [0.2, 0.25) is 5.91 Å². The van der Waals surface area contributed by atoms with Crippen molar-refractivity contribution in [2.45, 2.75) is 12.8 Å². The Balaban J connectivity index is 1.81. The largest absolute Gasteiger partial charge is 0.375 e. The molecule has 1 saturated carbocycles. The number of carbonyl (C=O) groups excluding carboxylic acids is 1. The summed E-state index contributed by atoms with van der Waals surface area (Å²) in [5.41, 5.74) is 1.40. The first-order chi connectivity index (χ1) is 8.69. The van der Waals surface area contributed by atoms with Crippen LogP contribution in [0.1, 0.15) is 18.4 Å². The predicted octanol–water partition coefficient (Wildman–Crippen LogP) is 2.26. The molecule has 5 heteroatoms. The van der Waals surface area contributed by atoms with Gasteiger partial charge in [-0.2, -0.15) is 5.26 Å². The Morgan fingerprint density at radius 2 is 2.28 bits per heavy atom. The number of nitrogens with one attached hydrogen (secondary N) is 2. The van der Waals surface area contributed by atoms with Gasteiger partial charge in [-0.1, -0.05) is 0 Å². The Morgan fingerprint density at radius 1 is 1.50 bits per heavy atom. The highest BCUT2D eigenvalue weighted by Gasteiger charge is 2.21. The number of hydrogen-bond acceptors (Lipinski definition) is 3. The first kappa shape index (κ1) is 12.9. The molecule has 1 amide bonds. The SMILES string of the molecule is N#Cc1ccc(NCC(=O)NCC2CC2)c(Br)c1. The van der Waals surface area contributed by atoms with E-state index in [4.69, 9.17) is 5.26 Å². The van der Waals surface area contributed by atoms with Gasteiger partial charge in [0, 0.05) is 16.7 Å². The zero-order chi connectivity index (χ0) is 13.0. The Labute approximate surface area is 115 Å². The molecule has 0 heterocycles. The molecule has 2 N–H and O–H groups in total. The van der Waals surface area contributed by atoms with Gasteiger partial charge in [0.1, 0.15) is 0 Å². The molecule has 0 unspecified atom stereocenters. The van der Waals surface area contributed by atoms with Gasteiger partial charge in [-0.15, -0.1) is 0 Å². The zero-order valence-corrected chi connectivity index (χ0v) is 11.5.